The number of carbonyl (C=O) groups excluding carboxylic acids is 1. The molecule has 6 heteroatoms. The van der Waals surface area contributed by atoms with Crippen molar-refractivity contribution in [2.45, 2.75) is 26.5 Å². The van der Waals surface area contributed by atoms with E-state index in [1.807, 2.05) is 48.7 Å². The van der Waals surface area contributed by atoms with Gasteiger partial charge in [-0.1, -0.05) is 24.3 Å². The van der Waals surface area contributed by atoms with Crippen LogP contribution in [0.1, 0.15) is 21.7 Å². The average Bonchev–Trinajstić information content (AvgIpc) is 3.01. The molecule has 0 saturated heterocycles. The minimum Gasteiger partial charge on any atom is -0.486 e. The summed E-state index contributed by atoms with van der Waals surface area (Å²) in [5.74, 6) is 0.854. The number of rotatable bonds is 6. The van der Waals surface area contributed by atoms with Crippen molar-refractivity contribution in [3.8, 4) is 17.2 Å². The molecule has 4 rings (SSSR count). The second-order valence-corrected chi connectivity index (χ2v) is 7.04. The molecule has 1 aliphatic heterocycles. The number of halogens is 1. The molecular weight excluding hydrogens is 373 g/mol. The summed E-state index contributed by atoms with van der Waals surface area (Å²) in [4.78, 5) is 12.7. The molecule has 0 spiro atoms. The number of benzene rings is 2. The van der Waals surface area contributed by atoms with Crippen LogP contribution in [0.2, 0.25) is 0 Å². The number of ether oxygens (including phenoxy) is 3. The Morgan fingerprint density at radius 3 is 2.66 bits per heavy atom. The Morgan fingerprint density at radius 2 is 1.86 bits per heavy atom. The SMILES string of the molecule is Cc1cc(C(=O)COc2ccccc2F)c(C)n1C[C@H]1COc2ccccc2O1. The van der Waals surface area contributed by atoms with Gasteiger partial charge in [-0.25, -0.2) is 4.39 Å². The van der Waals surface area contributed by atoms with E-state index in [2.05, 4.69) is 0 Å². The largest absolute Gasteiger partial charge is 0.486 e. The van der Waals surface area contributed by atoms with Gasteiger partial charge in [-0.2, -0.15) is 0 Å². The van der Waals surface area contributed by atoms with Crippen LogP contribution in [0.25, 0.3) is 0 Å². The van der Waals surface area contributed by atoms with Gasteiger partial charge in [0.2, 0.25) is 5.78 Å². The third-order valence-corrected chi connectivity index (χ3v) is 5.02. The average molecular weight is 395 g/mol. The van der Waals surface area contributed by atoms with Gasteiger partial charge in [0.15, 0.2) is 35.8 Å². The van der Waals surface area contributed by atoms with Crippen molar-refractivity contribution in [3.63, 3.8) is 0 Å². The highest BCUT2D eigenvalue weighted by Gasteiger charge is 2.24. The van der Waals surface area contributed by atoms with E-state index in [9.17, 15) is 9.18 Å². The van der Waals surface area contributed by atoms with Crippen LogP contribution in [-0.4, -0.2) is 29.7 Å². The monoisotopic (exact) mass is 395 g/mol. The van der Waals surface area contributed by atoms with Crippen molar-refractivity contribution in [1.82, 2.24) is 4.57 Å². The van der Waals surface area contributed by atoms with Gasteiger partial charge in [-0.05, 0) is 44.2 Å². The van der Waals surface area contributed by atoms with Crippen LogP contribution < -0.4 is 14.2 Å². The molecule has 0 aliphatic carbocycles. The second-order valence-electron chi connectivity index (χ2n) is 7.04. The molecule has 5 nitrogen and oxygen atoms in total. The third-order valence-electron chi connectivity index (χ3n) is 5.02. The lowest BCUT2D eigenvalue weighted by Crippen LogP contribution is -2.33. The molecule has 1 atom stereocenters. The van der Waals surface area contributed by atoms with Gasteiger partial charge in [-0.15, -0.1) is 0 Å². The molecule has 0 N–H and O–H groups in total. The predicted molar refractivity (Wildman–Crippen MR) is 106 cm³/mol. The number of para-hydroxylation sites is 3. The summed E-state index contributed by atoms with van der Waals surface area (Å²) >= 11 is 0. The Morgan fingerprint density at radius 1 is 1.14 bits per heavy atom. The quantitative estimate of drug-likeness (QED) is 0.583. The molecule has 29 heavy (non-hydrogen) atoms. The highest BCUT2D eigenvalue weighted by atomic mass is 19.1. The van der Waals surface area contributed by atoms with Gasteiger partial charge in [0.25, 0.3) is 0 Å². The summed E-state index contributed by atoms with van der Waals surface area (Å²) in [6, 6.07) is 15.5. The fourth-order valence-corrected chi connectivity index (χ4v) is 3.50. The molecule has 0 bridgehead atoms. The smallest absolute Gasteiger partial charge is 0.202 e. The second kappa shape index (κ2) is 7.99. The van der Waals surface area contributed by atoms with E-state index >= 15 is 0 Å². The summed E-state index contributed by atoms with van der Waals surface area (Å²) in [7, 11) is 0. The third kappa shape index (κ3) is 3.97. The summed E-state index contributed by atoms with van der Waals surface area (Å²) in [5.41, 5.74) is 2.34. The van der Waals surface area contributed by atoms with E-state index in [1.165, 1.54) is 12.1 Å². The van der Waals surface area contributed by atoms with Crippen LogP contribution >= 0.6 is 0 Å². The first-order valence-corrected chi connectivity index (χ1v) is 9.48. The molecule has 3 aromatic rings. The van der Waals surface area contributed by atoms with Crippen molar-refractivity contribution in [1.29, 1.82) is 0 Å². The number of hydrogen-bond acceptors (Lipinski definition) is 4. The van der Waals surface area contributed by atoms with E-state index in [0.29, 0.717) is 18.7 Å². The Kier molecular flexibility index (Phi) is 5.25. The Balaban J connectivity index is 1.45. The lowest BCUT2D eigenvalue weighted by Gasteiger charge is -2.27. The zero-order valence-electron chi connectivity index (χ0n) is 16.4. The molecular formula is C23H22FNO4. The van der Waals surface area contributed by atoms with Crippen LogP contribution in [-0.2, 0) is 6.54 Å². The summed E-state index contributed by atoms with van der Waals surface area (Å²) in [6.45, 7) is 4.61. The van der Waals surface area contributed by atoms with Gasteiger partial charge in [0.05, 0.1) is 6.54 Å². The number of hydrogen-bond donors (Lipinski definition) is 0. The van der Waals surface area contributed by atoms with Gasteiger partial charge in [0, 0.05) is 17.0 Å². The summed E-state index contributed by atoms with van der Waals surface area (Å²) in [5, 5.41) is 0. The highest BCUT2D eigenvalue weighted by molar-refractivity contribution is 5.98. The van der Waals surface area contributed by atoms with Crippen LogP contribution in [0.3, 0.4) is 0 Å². The number of fused-ring (bicyclic) bond motifs is 1. The first kappa shape index (κ1) is 19.1. The lowest BCUT2D eigenvalue weighted by atomic mass is 10.1. The standard InChI is InChI=1S/C23H22FNO4/c1-15-11-18(20(26)14-28-21-8-4-3-7-19(21)24)16(2)25(15)12-17-13-27-22-9-5-6-10-23(22)29-17/h3-11,17H,12-14H2,1-2H3/t17-/m0/s1. The zero-order valence-corrected chi connectivity index (χ0v) is 16.4. The fourth-order valence-electron chi connectivity index (χ4n) is 3.50. The zero-order chi connectivity index (χ0) is 20.4. The van der Waals surface area contributed by atoms with Gasteiger partial charge < -0.3 is 18.8 Å². The molecule has 150 valence electrons. The number of aromatic nitrogens is 1. The van der Waals surface area contributed by atoms with E-state index in [4.69, 9.17) is 14.2 Å². The summed E-state index contributed by atoms with van der Waals surface area (Å²) in [6.07, 6.45) is -0.160. The normalized spacial score (nSPS) is 15.2. The van der Waals surface area contributed by atoms with E-state index in [-0.39, 0.29) is 24.2 Å². The number of ketones is 1. The lowest BCUT2D eigenvalue weighted by molar-refractivity contribution is 0.0777. The summed E-state index contributed by atoms with van der Waals surface area (Å²) < 4.78 is 32.9. The maximum absolute atomic E-state index is 13.7. The van der Waals surface area contributed by atoms with Crippen molar-refractivity contribution in [2.24, 2.45) is 0 Å². The van der Waals surface area contributed by atoms with E-state index in [1.54, 1.807) is 12.1 Å². The number of carbonyl (C=O) groups is 1. The minimum absolute atomic E-state index is 0.0704. The van der Waals surface area contributed by atoms with Crippen molar-refractivity contribution >= 4 is 5.78 Å². The van der Waals surface area contributed by atoms with Crippen molar-refractivity contribution in [3.05, 3.63) is 77.4 Å². The maximum Gasteiger partial charge on any atom is 0.202 e. The van der Waals surface area contributed by atoms with Crippen molar-refractivity contribution < 1.29 is 23.4 Å². The molecule has 0 amide bonds. The van der Waals surface area contributed by atoms with Crippen LogP contribution in [0.4, 0.5) is 4.39 Å². The molecule has 0 fully saturated rings. The first-order chi connectivity index (χ1) is 14.0. The minimum atomic E-state index is -0.486. The molecule has 2 aromatic carbocycles. The van der Waals surface area contributed by atoms with Crippen LogP contribution in [0, 0.1) is 19.7 Å². The first-order valence-electron chi connectivity index (χ1n) is 9.48. The Labute approximate surface area is 168 Å². The molecule has 0 unspecified atom stereocenters. The van der Waals surface area contributed by atoms with Gasteiger partial charge in [-0.3, -0.25) is 4.79 Å². The van der Waals surface area contributed by atoms with E-state index < -0.39 is 5.82 Å². The van der Waals surface area contributed by atoms with Crippen LogP contribution in [0.5, 0.6) is 17.2 Å². The number of nitrogens with zero attached hydrogens (tertiary/aromatic N) is 1. The highest BCUT2D eigenvalue weighted by Crippen LogP contribution is 2.31. The number of Topliss-reactive ketones (excluding diaryl/α,β-unsaturated/α-hetero) is 1. The molecule has 2 heterocycles. The Hall–Kier alpha value is -3.28. The van der Waals surface area contributed by atoms with Gasteiger partial charge >= 0.3 is 0 Å². The molecule has 1 aromatic heterocycles. The predicted octanol–water partition coefficient (Wildman–Crippen LogP) is 4.35. The molecule has 0 saturated carbocycles. The fraction of sp³-hybridized carbons (Fsp3) is 0.261. The van der Waals surface area contributed by atoms with Crippen LogP contribution in [0.15, 0.2) is 54.6 Å². The van der Waals surface area contributed by atoms with Gasteiger partial charge in [0.1, 0.15) is 6.61 Å². The topological polar surface area (TPSA) is 49.7 Å². The van der Waals surface area contributed by atoms with E-state index in [0.717, 1.165) is 22.9 Å². The molecule has 1 aliphatic rings. The maximum atomic E-state index is 13.7. The number of aryl methyl sites for hydroxylation is 1. The Bertz CT molecular complexity index is 1040. The molecule has 0 radical (unpaired) electrons. The van der Waals surface area contributed by atoms with Crippen molar-refractivity contribution in [2.75, 3.05) is 13.2 Å².